The van der Waals surface area contributed by atoms with Crippen LogP contribution in [0.1, 0.15) is 26.7 Å². The number of hydrogen-bond acceptors (Lipinski definition) is 4. The van der Waals surface area contributed by atoms with Crippen molar-refractivity contribution in [3.8, 4) is 0 Å². The maximum atomic E-state index is 11.6. The third-order valence-electron chi connectivity index (χ3n) is 2.29. The minimum absolute atomic E-state index is 0.244. The topological polar surface area (TPSA) is 66.9 Å². The van der Waals surface area contributed by atoms with E-state index in [1.54, 1.807) is 0 Å². The fraction of sp³-hybridized carbons (Fsp3) is 0.700. The standard InChI is InChI=1S/C10H16N2O4/c1-3-4-5-11-6-7-12(16-8(2)13)10(15)9(11)14/h3-7H2,1-2H3. The van der Waals surface area contributed by atoms with Gasteiger partial charge in [-0.1, -0.05) is 13.3 Å². The molecule has 1 aliphatic rings. The first kappa shape index (κ1) is 12.5. The number of carbonyl (C=O) groups excluding carboxylic acids is 3. The fourth-order valence-corrected chi connectivity index (χ4v) is 1.46. The Hall–Kier alpha value is -1.59. The second-order valence-corrected chi connectivity index (χ2v) is 3.64. The van der Waals surface area contributed by atoms with Crippen LogP contribution in [0.2, 0.25) is 0 Å². The third-order valence-corrected chi connectivity index (χ3v) is 2.29. The van der Waals surface area contributed by atoms with E-state index in [9.17, 15) is 14.4 Å². The molecule has 0 aromatic carbocycles. The Morgan fingerprint density at radius 2 is 2.00 bits per heavy atom. The minimum atomic E-state index is -0.766. The van der Waals surface area contributed by atoms with Gasteiger partial charge in [-0.25, -0.2) is 0 Å². The molecule has 0 aromatic rings. The van der Waals surface area contributed by atoms with Gasteiger partial charge in [-0.15, -0.1) is 0 Å². The van der Waals surface area contributed by atoms with Gasteiger partial charge < -0.3 is 9.74 Å². The molecule has 0 aliphatic carbocycles. The van der Waals surface area contributed by atoms with Gasteiger partial charge >= 0.3 is 17.8 Å². The summed E-state index contributed by atoms with van der Waals surface area (Å²) in [5, 5.41) is 0.827. The lowest BCUT2D eigenvalue weighted by molar-refractivity contribution is -0.203. The van der Waals surface area contributed by atoms with Gasteiger partial charge in [0.15, 0.2) is 0 Å². The largest absolute Gasteiger partial charge is 0.344 e. The molecule has 0 unspecified atom stereocenters. The highest BCUT2D eigenvalue weighted by atomic mass is 16.7. The molecule has 1 saturated heterocycles. The van der Waals surface area contributed by atoms with E-state index in [-0.39, 0.29) is 6.54 Å². The van der Waals surface area contributed by atoms with Gasteiger partial charge in [-0.05, 0) is 6.42 Å². The van der Waals surface area contributed by atoms with Gasteiger partial charge in [0.2, 0.25) is 0 Å². The number of amides is 2. The smallest absolute Gasteiger partial charge is 0.338 e. The van der Waals surface area contributed by atoms with Crippen LogP contribution in [0.15, 0.2) is 0 Å². The molecule has 90 valence electrons. The predicted molar refractivity (Wildman–Crippen MR) is 55.0 cm³/mol. The minimum Gasteiger partial charge on any atom is -0.338 e. The molecule has 1 rings (SSSR count). The van der Waals surface area contributed by atoms with Gasteiger partial charge in [0.25, 0.3) is 0 Å². The van der Waals surface area contributed by atoms with Gasteiger partial charge in [0.1, 0.15) is 0 Å². The second-order valence-electron chi connectivity index (χ2n) is 3.64. The van der Waals surface area contributed by atoms with Gasteiger partial charge in [0.05, 0.1) is 6.54 Å². The summed E-state index contributed by atoms with van der Waals surface area (Å²) in [7, 11) is 0. The van der Waals surface area contributed by atoms with Gasteiger partial charge in [0, 0.05) is 20.0 Å². The summed E-state index contributed by atoms with van der Waals surface area (Å²) in [4.78, 5) is 39.9. The molecule has 6 heteroatoms. The molecule has 1 aliphatic heterocycles. The predicted octanol–water partition coefficient (Wildman–Crippen LogP) is -0.0646. The first-order valence-corrected chi connectivity index (χ1v) is 5.35. The molecule has 2 amide bonds. The number of piperazine rings is 1. The molecule has 16 heavy (non-hydrogen) atoms. The highest BCUT2D eigenvalue weighted by Gasteiger charge is 2.34. The molecule has 0 bridgehead atoms. The van der Waals surface area contributed by atoms with Crippen LogP contribution in [0.4, 0.5) is 0 Å². The number of hydrogen-bond donors (Lipinski definition) is 0. The van der Waals surface area contributed by atoms with E-state index >= 15 is 0 Å². The third kappa shape index (κ3) is 2.95. The fourth-order valence-electron chi connectivity index (χ4n) is 1.46. The molecule has 1 fully saturated rings. The molecule has 0 atom stereocenters. The Morgan fingerprint density at radius 1 is 1.31 bits per heavy atom. The van der Waals surface area contributed by atoms with E-state index in [2.05, 4.69) is 4.84 Å². The van der Waals surface area contributed by atoms with E-state index in [0.29, 0.717) is 13.1 Å². The number of rotatable bonds is 4. The molecule has 1 heterocycles. The van der Waals surface area contributed by atoms with Crippen molar-refractivity contribution >= 4 is 17.8 Å². The van der Waals surface area contributed by atoms with Gasteiger partial charge in [-0.3, -0.25) is 14.4 Å². The molecular formula is C10H16N2O4. The quantitative estimate of drug-likeness (QED) is 0.632. The molecular weight excluding hydrogens is 212 g/mol. The highest BCUT2D eigenvalue weighted by Crippen LogP contribution is 2.07. The molecule has 0 saturated carbocycles. The Bertz CT molecular complexity index is 303. The van der Waals surface area contributed by atoms with Crippen LogP contribution in [-0.4, -0.2) is 47.4 Å². The lowest BCUT2D eigenvalue weighted by Crippen LogP contribution is -2.54. The van der Waals surface area contributed by atoms with E-state index in [1.807, 2.05) is 6.92 Å². The van der Waals surface area contributed by atoms with Crippen LogP contribution in [0.3, 0.4) is 0 Å². The first-order valence-electron chi connectivity index (χ1n) is 5.35. The zero-order valence-electron chi connectivity index (χ0n) is 9.56. The highest BCUT2D eigenvalue weighted by molar-refractivity contribution is 6.35. The Labute approximate surface area is 94.1 Å². The number of nitrogens with zero attached hydrogens (tertiary/aromatic N) is 2. The Kier molecular flexibility index (Phi) is 4.28. The maximum Gasteiger partial charge on any atom is 0.344 e. The van der Waals surface area contributed by atoms with Crippen LogP contribution in [0.25, 0.3) is 0 Å². The summed E-state index contributed by atoms with van der Waals surface area (Å²) in [5.41, 5.74) is 0. The van der Waals surface area contributed by atoms with Gasteiger partial charge in [-0.2, -0.15) is 5.06 Å². The average molecular weight is 228 g/mol. The Balaban J connectivity index is 2.54. The zero-order chi connectivity index (χ0) is 12.1. The summed E-state index contributed by atoms with van der Waals surface area (Å²) in [6.45, 7) is 4.45. The molecule has 0 aromatic heterocycles. The summed E-state index contributed by atoms with van der Waals surface area (Å²) < 4.78 is 0. The molecule has 0 N–H and O–H groups in total. The summed E-state index contributed by atoms with van der Waals surface area (Å²) >= 11 is 0. The van der Waals surface area contributed by atoms with Crippen molar-refractivity contribution in [1.82, 2.24) is 9.96 Å². The molecule has 0 spiro atoms. The number of hydroxylamine groups is 2. The number of carbonyl (C=O) groups is 3. The van der Waals surface area contributed by atoms with Crippen LogP contribution < -0.4 is 0 Å². The summed E-state index contributed by atoms with van der Waals surface area (Å²) in [5.74, 6) is -1.96. The van der Waals surface area contributed by atoms with Crippen LogP contribution in [0.5, 0.6) is 0 Å². The first-order chi connectivity index (χ1) is 7.56. The van der Waals surface area contributed by atoms with Crippen molar-refractivity contribution in [1.29, 1.82) is 0 Å². The summed E-state index contributed by atoms with van der Waals surface area (Å²) in [6.07, 6.45) is 1.83. The molecule has 6 nitrogen and oxygen atoms in total. The van der Waals surface area contributed by atoms with E-state index in [1.165, 1.54) is 11.8 Å². The maximum absolute atomic E-state index is 11.6. The monoisotopic (exact) mass is 228 g/mol. The lowest BCUT2D eigenvalue weighted by Gasteiger charge is -2.31. The number of unbranched alkanes of at least 4 members (excludes halogenated alkanes) is 1. The normalized spacial score (nSPS) is 16.6. The van der Waals surface area contributed by atoms with E-state index in [0.717, 1.165) is 17.9 Å². The van der Waals surface area contributed by atoms with E-state index < -0.39 is 17.8 Å². The van der Waals surface area contributed by atoms with Crippen LogP contribution >= 0.6 is 0 Å². The van der Waals surface area contributed by atoms with Crippen molar-refractivity contribution in [3.63, 3.8) is 0 Å². The molecule has 0 radical (unpaired) electrons. The Morgan fingerprint density at radius 3 is 2.56 bits per heavy atom. The van der Waals surface area contributed by atoms with Crippen molar-refractivity contribution in [2.24, 2.45) is 0 Å². The average Bonchev–Trinajstić information content (AvgIpc) is 2.23. The SMILES string of the molecule is CCCCN1CCN(OC(C)=O)C(=O)C1=O. The van der Waals surface area contributed by atoms with E-state index in [4.69, 9.17) is 0 Å². The summed E-state index contributed by atoms with van der Waals surface area (Å²) in [6, 6.07) is 0. The van der Waals surface area contributed by atoms with Crippen molar-refractivity contribution in [3.05, 3.63) is 0 Å². The van der Waals surface area contributed by atoms with Crippen molar-refractivity contribution in [2.45, 2.75) is 26.7 Å². The zero-order valence-corrected chi connectivity index (χ0v) is 9.56. The van der Waals surface area contributed by atoms with Crippen molar-refractivity contribution in [2.75, 3.05) is 19.6 Å². The van der Waals surface area contributed by atoms with Crippen LogP contribution in [0, 0.1) is 0 Å². The van der Waals surface area contributed by atoms with Crippen molar-refractivity contribution < 1.29 is 19.2 Å². The second kappa shape index (κ2) is 5.48. The van der Waals surface area contributed by atoms with Crippen LogP contribution in [-0.2, 0) is 19.2 Å². The lowest BCUT2D eigenvalue weighted by atomic mass is 10.2.